The first-order valence-corrected chi connectivity index (χ1v) is 17.1. The Hall–Kier alpha value is -4.50. The van der Waals surface area contributed by atoms with Gasteiger partial charge in [0.05, 0.1) is 10.6 Å². The summed E-state index contributed by atoms with van der Waals surface area (Å²) in [5, 5.41) is 3.13. The van der Waals surface area contributed by atoms with Gasteiger partial charge in [-0.3, -0.25) is 13.9 Å². The van der Waals surface area contributed by atoms with Crippen molar-refractivity contribution in [1.82, 2.24) is 10.2 Å². The molecule has 0 aliphatic heterocycles. The Bertz CT molecular complexity index is 1760. The fourth-order valence-electron chi connectivity index (χ4n) is 5.93. The molecule has 0 spiro atoms. The van der Waals surface area contributed by atoms with Gasteiger partial charge < -0.3 is 10.2 Å². The van der Waals surface area contributed by atoms with Crippen molar-refractivity contribution in [2.24, 2.45) is 0 Å². The van der Waals surface area contributed by atoms with Gasteiger partial charge in [-0.1, -0.05) is 97.3 Å². The second-order valence-corrected chi connectivity index (χ2v) is 13.8. The first kappa shape index (κ1) is 32.9. The minimum Gasteiger partial charge on any atom is -0.352 e. The van der Waals surface area contributed by atoms with Crippen LogP contribution in [0.25, 0.3) is 0 Å². The summed E-state index contributed by atoms with van der Waals surface area (Å²) in [7, 11) is -4.22. The average molecular weight is 642 g/mol. The number of halogens is 1. The van der Waals surface area contributed by atoms with E-state index in [1.807, 2.05) is 37.3 Å². The average Bonchev–Trinajstić information content (AvgIpc) is 3.56. The molecule has 2 amide bonds. The van der Waals surface area contributed by atoms with Crippen molar-refractivity contribution >= 4 is 27.5 Å². The molecule has 5 rings (SSSR count). The minimum atomic E-state index is -4.22. The van der Waals surface area contributed by atoms with Crippen LogP contribution in [0.4, 0.5) is 10.1 Å². The van der Waals surface area contributed by atoms with E-state index in [2.05, 4.69) is 5.32 Å². The predicted octanol–water partition coefficient (Wildman–Crippen LogP) is 6.34. The molecule has 0 radical (unpaired) electrons. The van der Waals surface area contributed by atoms with Crippen LogP contribution in [0, 0.1) is 19.7 Å². The van der Waals surface area contributed by atoms with Crippen LogP contribution in [0.2, 0.25) is 0 Å². The number of nitrogens with one attached hydrogen (secondary N) is 1. The number of benzene rings is 4. The van der Waals surface area contributed by atoms with Crippen LogP contribution in [0.5, 0.6) is 0 Å². The number of para-hydroxylation sites is 1. The number of hydrogen-bond acceptors (Lipinski definition) is 4. The monoisotopic (exact) mass is 641 g/mol. The van der Waals surface area contributed by atoms with Gasteiger partial charge in [-0.05, 0) is 62.1 Å². The molecule has 4 aromatic carbocycles. The largest absolute Gasteiger partial charge is 0.352 e. The topological polar surface area (TPSA) is 86.8 Å². The summed E-state index contributed by atoms with van der Waals surface area (Å²) < 4.78 is 44.6. The molecule has 0 unspecified atom stereocenters. The van der Waals surface area contributed by atoms with Gasteiger partial charge in [0.2, 0.25) is 11.8 Å². The number of hydrogen-bond donors (Lipinski definition) is 1. The van der Waals surface area contributed by atoms with E-state index in [-0.39, 0.29) is 35.4 Å². The fourth-order valence-corrected chi connectivity index (χ4v) is 7.40. The van der Waals surface area contributed by atoms with Crippen LogP contribution < -0.4 is 9.62 Å². The van der Waals surface area contributed by atoms with Crippen molar-refractivity contribution in [1.29, 1.82) is 0 Å². The van der Waals surface area contributed by atoms with Crippen molar-refractivity contribution < 1.29 is 22.4 Å². The molecule has 1 fully saturated rings. The zero-order valence-corrected chi connectivity index (χ0v) is 27.0. The van der Waals surface area contributed by atoms with Gasteiger partial charge in [-0.15, -0.1) is 0 Å². The van der Waals surface area contributed by atoms with Crippen LogP contribution in [-0.4, -0.2) is 43.8 Å². The summed E-state index contributed by atoms with van der Waals surface area (Å²) in [6, 6.07) is 27.8. The Morgan fingerprint density at radius 2 is 1.48 bits per heavy atom. The van der Waals surface area contributed by atoms with Crippen LogP contribution in [0.1, 0.15) is 47.9 Å². The van der Waals surface area contributed by atoms with E-state index >= 15 is 4.39 Å². The lowest BCUT2D eigenvalue weighted by molar-refractivity contribution is -0.140. The molecule has 1 aliphatic carbocycles. The van der Waals surface area contributed by atoms with Crippen LogP contribution >= 0.6 is 0 Å². The lowest BCUT2D eigenvalue weighted by Gasteiger charge is -2.34. The SMILES string of the molecule is Cc1ccc(S(=O)(=O)N(CC(=O)N(Cc2ccccc2F)[C@@H](Cc2ccccc2)C(=O)NC2CCCC2)c2ccccc2C)cc1. The molecule has 0 aromatic heterocycles. The lowest BCUT2D eigenvalue weighted by atomic mass is 10.0. The Morgan fingerprint density at radius 3 is 2.15 bits per heavy atom. The van der Waals surface area contributed by atoms with Crippen molar-refractivity contribution in [2.75, 3.05) is 10.8 Å². The van der Waals surface area contributed by atoms with E-state index in [4.69, 9.17) is 0 Å². The second-order valence-electron chi connectivity index (χ2n) is 11.9. The van der Waals surface area contributed by atoms with Crippen molar-refractivity contribution in [3.63, 3.8) is 0 Å². The molecule has 1 atom stereocenters. The normalized spacial score (nSPS) is 14.1. The summed E-state index contributed by atoms with van der Waals surface area (Å²) in [6.07, 6.45) is 3.89. The maximum absolute atomic E-state index is 15.1. The van der Waals surface area contributed by atoms with E-state index in [0.717, 1.165) is 41.1 Å². The third-order valence-electron chi connectivity index (χ3n) is 8.54. The third-order valence-corrected chi connectivity index (χ3v) is 10.3. The lowest BCUT2D eigenvalue weighted by Crippen LogP contribution is -2.54. The summed E-state index contributed by atoms with van der Waals surface area (Å²) in [6.45, 7) is 2.84. The highest BCUT2D eigenvalue weighted by molar-refractivity contribution is 7.92. The Labute approximate surface area is 271 Å². The minimum absolute atomic E-state index is 0.0124. The van der Waals surface area contributed by atoms with Crippen LogP contribution in [-0.2, 0) is 32.6 Å². The number of nitrogens with zero attached hydrogens (tertiary/aromatic N) is 2. The fraction of sp³-hybridized carbons (Fsp3) is 0.297. The number of carbonyl (C=O) groups is 2. The predicted molar refractivity (Wildman–Crippen MR) is 178 cm³/mol. The summed E-state index contributed by atoms with van der Waals surface area (Å²) in [4.78, 5) is 30.0. The first-order chi connectivity index (χ1) is 22.1. The van der Waals surface area contributed by atoms with E-state index in [1.54, 1.807) is 61.5 Å². The highest BCUT2D eigenvalue weighted by Gasteiger charge is 2.36. The molecule has 0 bridgehead atoms. The quantitative estimate of drug-likeness (QED) is 0.196. The number of anilines is 1. The molecular weight excluding hydrogens is 601 g/mol. The standard InChI is InChI=1S/C37H40FN3O4S/c1-27-20-22-32(23-21-27)46(44,45)41(34-19-11-6-12-28(34)2)26-36(42)40(25-30-15-7-10-18-33(30)38)35(24-29-13-4-3-5-14-29)37(43)39-31-16-8-9-17-31/h3-7,10-15,18-23,31,35H,8-9,16-17,24-26H2,1-2H3,(H,39,43)/t35-/m0/s1. The number of amides is 2. The van der Waals surface area contributed by atoms with E-state index in [0.29, 0.717) is 11.3 Å². The first-order valence-electron chi connectivity index (χ1n) is 15.7. The second kappa shape index (κ2) is 14.7. The zero-order chi connectivity index (χ0) is 32.7. The molecule has 1 N–H and O–H groups in total. The molecule has 46 heavy (non-hydrogen) atoms. The number of sulfonamides is 1. The molecule has 9 heteroatoms. The van der Waals surface area contributed by atoms with Gasteiger partial charge >= 0.3 is 0 Å². The molecule has 4 aromatic rings. The molecular formula is C37H40FN3O4S. The van der Waals surface area contributed by atoms with Crippen molar-refractivity contribution in [3.8, 4) is 0 Å². The van der Waals surface area contributed by atoms with Crippen LogP contribution in [0.3, 0.4) is 0 Å². The summed E-state index contributed by atoms with van der Waals surface area (Å²) in [5.74, 6) is -1.48. The van der Waals surface area contributed by atoms with Gasteiger partial charge in [0.25, 0.3) is 10.0 Å². The van der Waals surface area contributed by atoms with Crippen molar-refractivity contribution in [2.45, 2.75) is 69.5 Å². The highest BCUT2D eigenvalue weighted by atomic mass is 32.2. The Morgan fingerprint density at radius 1 is 0.848 bits per heavy atom. The van der Waals surface area contributed by atoms with E-state index < -0.39 is 34.3 Å². The van der Waals surface area contributed by atoms with E-state index in [9.17, 15) is 18.0 Å². The Balaban J connectivity index is 1.58. The van der Waals surface area contributed by atoms with Gasteiger partial charge in [0, 0.05) is 24.6 Å². The van der Waals surface area contributed by atoms with Gasteiger partial charge in [0.1, 0.15) is 18.4 Å². The summed E-state index contributed by atoms with van der Waals surface area (Å²) >= 11 is 0. The Kier molecular flexibility index (Phi) is 10.5. The zero-order valence-electron chi connectivity index (χ0n) is 26.2. The molecule has 240 valence electrons. The number of carbonyl (C=O) groups excluding carboxylic acids is 2. The molecule has 0 heterocycles. The van der Waals surface area contributed by atoms with Gasteiger partial charge in [0.15, 0.2) is 0 Å². The summed E-state index contributed by atoms with van der Waals surface area (Å²) in [5.41, 5.74) is 2.95. The van der Waals surface area contributed by atoms with Crippen LogP contribution in [0.15, 0.2) is 108 Å². The van der Waals surface area contributed by atoms with Gasteiger partial charge in [-0.25, -0.2) is 12.8 Å². The maximum atomic E-state index is 15.1. The highest BCUT2D eigenvalue weighted by Crippen LogP contribution is 2.28. The molecule has 1 aliphatic rings. The van der Waals surface area contributed by atoms with E-state index in [1.165, 1.54) is 23.1 Å². The third kappa shape index (κ3) is 7.83. The van der Waals surface area contributed by atoms with Crippen molar-refractivity contribution in [3.05, 3.63) is 131 Å². The molecule has 0 saturated heterocycles. The van der Waals surface area contributed by atoms with Gasteiger partial charge in [-0.2, -0.15) is 0 Å². The molecule has 7 nitrogen and oxygen atoms in total. The number of aryl methyl sites for hydroxylation is 2. The maximum Gasteiger partial charge on any atom is 0.264 e. The number of rotatable bonds is 12. The smallest absolute Gasteiger partial charge is 0.264 e. The molecule has 1 saturated carbocycles.